The fourth-order valence-electron chi connectivity index (χ4n) is 2.71. The lowest BCUT2D eigenvalue weighted by atomic mass is 10.0. The minimum Gasteiger partial charge on any atom is -0.352 e. The normalized spacial score (nSPS) is 27.1. The molecule has 2 N–H and O–H groups in total. The van der Waals surface area contributed by atoms with Crippen molar-refractivity contribution in [1.29, 1.82) is 0 Å². The van der Waals surface area contributed by atoms with Crippen LogP contribution < -0.4 is 10.6 Å². The summed E-state index contributed by atoms with van der Waals surface area (Å²) in [6.07, 6.45) is 5.76. The molecule has 0 unspecified atom stereocenters. The molecule has 0 aromatic heterocycles. The van der Waals surface area contributed by atoms with Gasteiger partial charge in [0.2, 0.25) is 15.9 Å². The molecule has 0 spiro atoms. The number of nitrogens with zero attached hydrogens (tertiary/aromatic N) is 1. The van der Waals surface area contributed by atoms with Crippen molar-refractivity contribution in [2.75, 3.05) is 25.9 Å². The summed E-state index contributed by atoms with van der Waals surface area (Å²) in [7, 11) is -3.09. The molecule has 0 saturated carbocycles. The number of nitrogens with one attached hydrogen (secondary N) is 2. The first-order valence-electron chi connectivity index (χ1n) is 6.96. The van der Waals surface area contributed by atoms with Gasteiger partial charge in [-0.25, -0.2) is 12.7 Å². The number of piperidine rings is 2. The molecule has 2 rings (SSSR count). The Labute approximate surface area is 115 Å². The van der Waals surface area contributed by atoms with Crippen LogP contribution in [0.1, 0.15) is 32.1 Å². The van der Waals surface area contributed by atoms with Crippen molar-refractivity contribution in [2.24, 2.45) is 0 Å². The van der Waals surface area contributed by atoms with Crippen LogP contribution >= 0.6 is 0 Å². The number of sulfonamides is 1. The van der Waals surface area contributed by atoms with E-state index in [1.54, 1.807) is 0 Å². The number of carbonyl (C=O) groups excluding carboxylic acids is 1. The lowest BCUT2D eigenvalue weighted by molar-refractivity contribution is -0.124. The van der Waals surface area contributed by atoms with Gasteiger partial charge in [0.05, 0.1) is 12.3 Å². The highest BCUT2D eigenvalue weighted by atomic mass is 32.2. The molecule has 0 aromatic rings. The highest BCUT2D eigenvalue weighted by Crippen LogP contribution is 2.14. The van der Waals surface area contributed by atoms with Crippen molar-refractivity contribution in [3.05, 3.63) is 0 Å². The molecule has 2 saturated heterocycles. The van der Waals surface area contributed by atoms with Crippen molar-refractivity contribution in [3.8, 4) is 0 Å². The summed E-state index contributed by atoms with van der Waals surface area (Å²) in [4.78, 5) is 12.0. The minimum atomic E-state index is -3.09. The first-order chi connectivity index (χ1) is 8.97. The lowest BCUT2D eigenvalue weighted by Crippen LogP contribution is -2.52. The van der Waals surface area contributed by atoms with Crippen molar-refractivity contribution >= 4 is 15.9 Å². The molecule has 0 aromatic carbocycles. The van der Waals surface area contributed by atoms with Gasteiger partial charge in [0.15, 0.2) is 0 Å². The van der Waals surface area contributed by atoms with Crippen LogP contribution in [0.15, 0.2) is 0 Å². The Kier molecular flexibility index (Phi) is 4.81. The van der Waals surface area contributed by atoms with E-state index in [9.17, 15) is 13.2 Å². The molecule has 0 aliphatic carbocycles. The molecule has 1 amide bonds. The van der Waals surface area contributed by atoms with Crippen molar-refractivity contribution in [2.45, 2.75) is 44.2 Å². The monoisotopic (exact) mass is 289 g/mol. The van der Waals surface area contributed by atoms with Crippen LogP contribution in [0.4, 0.5) is 0 Å². The third-order valence-corrected chi connectivity index (χ3v) is 5.20. The molecule has 0 bridgehead atoms. The van der Waals surface area contributed by atoms with E-state index in [0.717, 1.165) is 25.8 Å². The van der Waals surface area contributed by atoms with Gasteiger partial charge in [-0.1, -0.05) is 6.42 Å². The number of hydrogen-bond acceptors (Lipinski definition) is 4. The second-order valence-electron chi connectivity index (χ2n) is 5.45. The summed E-state index contributed by atoms with van der Waals surface area (Å²) < 4.78 is 24.3. The fourth-order valence-corrected chi connectivity index (χ4v) is 3.58. The van der Waals surface area contributed by atoms with Crippen LogP contribution in [0.3, 0.4) is 0 Å². The Morgan fingerprint density at radius 3 is 2.42 bits per heavy atom. The second kappa shape index (κ2) is 6.19. The van der Waals surface area contributed by atoms with E-state index in [1.807, 2.05) is 0 Å². The quantitative estimate of drug-likeness (QED) is 0.745. The Balaban J connectivity index is 1.77. The van der Waals surface area contributed by atoms with E-state index >= 15 is 0 Å². The van der Waals surface area contributed by atoms with Crippen LogP contribution in [-0.2, 0) is 14.8 Å². The molecule has 0 radical (unpaired) electrons. The molecular formula is C12H23N3O3S. The van der Waals surface area contributed by atoms with E-state index in [4.69, 9.17) is 0 Å². The number of amides is 1. The first kappa shape index (κ1) is 14.7. The van der Waals surface area contributed by atoms with Crippen LogP contribution in [0.2, 0.25) is 0 Å². The molecule has 6 nitrogen and oxygen atoms in total. The van der Waals surface area contributed by atoms with Gasteiger partial charge in [-0.15, -0.1) is 0 Å². The van der Waals surface area contributed by atoms with Crippen LogP contribution in [-0.4, -0.2) is 56.6 Å². The maximum atomic E-state index is 12.0. The zero-order chi connectivity index (χ0) is 13.9. The van der Waals surface area contributed by atoms with Gasteiger partial charge in [-0.2, -0.15) is 0 Å². The molecule has 2 aliphatic rings. The largest absolute Gasteiger partial charge is 0.352 e. The van der Waals surface area contributed by atoms with E-state index in [0.29, 0.717) is 25.9 Å². The summed E-state index contributed by atoms with van der Waals surface area (Å²) in [6.45, 7) is 1.91. The Hall–Kier alpha value is -0.660. The van der Waals surface area contributed by atoms with Crippen molar-refractivity contribution in [1.82, 2.24) is 14.9 Å². The van der Waals surface area contributed by atoms with Gasteiger partial charge in [0.1, 0.15) is 0 Å². The maximum absolute atomic E-state index is 12.0. The van der Waals surface area contributed by atoms with Crippen LogP contribution in [0, 0.1) is 0 Å². The summed E-state index contributed by atoms with van der Waals surface area (Å²) in [5.41, 5.74) is 0. The van der Waals surface area contributed by atoms with Gasteiger partial charge in [-0.05, 0) is 32.2 Å². The van der Waals surface area contributed by atoms with Gasteiger partial charge in [-0.3, -0.25) is 4.79 Å². The third-order valence-electron chi connectivity index (χ3n) is 3.90. The maximum Gasteiger partial charge on any atom is 0.237 e. The van der Waals surface area contributed by atoms with E-state index in [2.05, 4.69) is 10.6 Å². The molecule has 19 heavy (non-hydrogen) atoms. The van der Waals surface area contributed by atoms with Crippen molar-refractivity contribution in [3.63, 3.8) is 0 Å². The topological polar surface area (TPSA) is 78.5 Å². The molecule has 7 heteroatoms. The summed E-state index contributed by atoms with van der Waals surface area (Å²) >= 11 is 0. The lowest BCUT2D eigenvalue weighted by Gasteiger charge is -2.32. The predicted molar refractivity (Wildman–Crippen MR) is 73.2 cm³/mol. The summed E-state index contributed by atoms with van der Waals surface area (Å²) in [5, 5.41) is 6.26. The van der Waals surface area contributed by atoms with E-state index in [1.165, 1.54) is 10.6 Å². The first-order valence-corrected chi connectivity index (χ1v) is 8.80. The zero-order valence-electron chi connectivity index (χ0n) is 11.4. The SMILES string of the molecule is CS(=O)(=O)N1CCC(NC(=O)[C@@H]2CCCCN2)CC1. The van der Waals surface area contributed by atoms with Crippen LogP contribution in [0.5, 0.6) is 0 Å². The van der Waals surface area contributed by atoms with Crippen molar-refractivity contribution < 1.29 is 13.2 Å². The molecule has 2 fully saturated rings. The number of rotatable bonds is 3. The van der Waals surface area contributed by atoms with Gasteiger partial charge in [0, 0.05) is 19.1 Å². The summed E-state index contributed by atoms with van der Waals surface area (Å²) in [5.74, 6) is 0.0671. The van der Waals surface area contributed by atoms with E-state index in [-0.39, 0.29) is 18.0 Å². The molecule has 110 valence electrons. The second-order valence-corrected chi connectivity index (χ2v) is 7.43. The average molecular weight is 289 g/mol. The van der Waals surface area contributed by atoms with Crippen LogP contribution in [0.25, 0.3) is 0 Å². The predicted octanol–water partition coefficient (Wildman–Crippen LogP) is -0.331. The average Bonchev–Trinajstić information content (AvgIpc) is 2.39. The smallest absolute Gasteiger partial charge is 0.237 e. The summed E-state index contributed by atoms with van der Waals surface area (Å²) in [6, 6.07) is 0.0379. The number of carbonyl (C=O) groups is 1. The highest BCUT2D eigenvalue weighted by molar-refractivity contribution is 7.88. The Bertz CT molecular complexity index is 410. The molecular weight excluding hydrogens is 266 g/mol. The standard InChI is InChI=1S/C12H23N3O3S/c1-19(17,18)15-8-5-10(6-9-15)14-12(16)11-4-2-3-7-13-11/h10-11,13H,2-9H2,1H3,(H,14,16)/t11-/m0/s1. The third kappa shape index (κ3) is 4.15. The Morgan fingerprint density at radius 2 is 1.89 bits per heavy atom. The fraction of sp³-hybridized carbons (Fsp3) is 0.917. The molecule has 2 heterocycles. The van der Waals surface area contributed by atoms with E-state index < -0.39 is 10.0 Å². The molecule has 2 aliphatic heterocycles. The molecule has 1 atom stereocenters. The van der Waals surface area contributed by atoms with Gasteiger partial charge in [0.25, 0.3) is 0 Å². The number of hydrogen-bond donors (Lipinski definition) is 2. The highest BCUT2D eigenvalue weighted by Gasteiger charge is 2.28. The van der Waals surface area contributed by atoms with Gasteiger partial charge >= 0.3 is 0 Å². The Morgan fingerprint density at radius 1 is 1.21 bits per heavy atom. The zero-order valence-corrected chi connectivity index (χ0v) is 12.2. The minimum absolute atomic E-state index is 0.0671. The van der Waals surface area contributed by atoms with Gasteiger partial charge < -0.3 is 10.6 Å².